The SMILES string of the molecule is COc1cccc(CNC(=O)c2cc(C3CC3)nn2-c2ccccc2)c1. The maximum Gasteiger partial charge on any atom is 0.270 e. The Morgan fingerprint density at radius 2 is 1.96 bits per heavy atom. The summed E-state index contributed by atoms with van der Waals surface area (Å²) in [6, 6.07) is 19.4. The molecule has 0 atom stereocenters. The van der Waals surface area contributed by atoms with E-state index < -0.39 is 0 Å². The maximum atomic E-state index is 12.8. The zero-order valence-corrected chi connectivity index (χ0v) is 14.7. The Kier molecular flexibility index (Phi) is 4.44. The lowest BCUT2D eigenvalue weighted by Crippen LogP contribution is -2.25. The van der Waals surface area contributed by atoms with Crippen molar-refractivity contribution in [1.82, 2.24) is 15.1 Å². The van der Waals surface area contributed by atoms with Gasteiger partial charge in [-0.3, -0.25) is 4.79 Å². The molecule has 0 spiro atoms. The summed E-state index contributed by atoms with van der Waals surface area (Å²) < 4.78 is 6.98. The average molecular weight is 347 g/mol. The van der Waals surface area contributed by atoms with E-state index in [2.05, 4.69) is 10.4 Å². The van der Waals surface area contributed by atoms with Crippen LogP contribution in [0.4, 0.5) is 0 Å². The van der Waals surface area contributed by atoms with Gasteiger partial charge in [0.1, 0.15) is 11.4 Å². The summed E-state index contributed by atoms with van der Waals surface area (Å²) in [5.74, 6) is 1.14. The van der Waals surface area contributed by atoms with Crippen LogP contribution in [0.1, 0.15) is 40.5 Å². The Balaban J connectivity index is 1.56. The molecule has 5 nitrogen and oxygen atoms in total. The van der Waals surface area contributed by atoms with Gasteiger partial charge in [-0.25, -0.2) is 4.68 Å². The lowest BCUT2D eigenvalue weighted by atomic mass is 10.2. The minimum absolute atomic E-state index is 0.129. The van der Waals surface area contributed by atoms with Crippen LogP contribution in [0.15, 0.2) is 60.7 Å². The molecule has 26 heavy (non-hydrogen) atoms. The molecule has 1 amide bonds. The van der Waals surface area contributed by atoms with Gasteiger partial charge in [0.2, 0.25) is 0 Å². The van der Waals surface area contributed by atoms with Crippen LogP contribution in [0.3, 0.4) is 0 Å². The van der Waals surface area contributed by atoms with E-state index in [-0.39, 0.29) is 5.91 Å². The predicted molar refractivity (Wildman–Crippen MR) is 99.7 cm³/mol. The molecule has 132 valence electrons. The van der Waals surface area contributed by atoms with Gasteiger partial charge in [0.05, 0.1) is 18.5 Å². The van der Waals surface area contributed by atoms with Crippen molar-refractivity contribution in [2.45, 2.75) is 25.3 Å². The van der Waals surface area contributed by atoms with Gasteiger partial charge < -0.3 is 10.1 Å². The summed E-state index contributed by atoms with van der Waals surface area (Å²) in [6.45, 7) is 0.439. The first-order chi connectivity index (χ1) is 12.7. The van der Waals surface area contributed by atoms with Crippen molar-refractivity contribution in [2.24, 2.45) is 0 Å². The number of ether oxygens (including phenoxy) is 1. The first kappa shape index (κ1) is 16.4. The molecule has 5 heteroatoms. The lowest BCUT2D eigenvalue weighted by Gasteiger charge is -2.09. The molecule has 1 fully saturated rings. The van der Waals surface area contributed by atoms with Gasteiger partial charge in [-0.1, -0.05) is 30.3 Å². The number of hydrogen-bond donors (Lipinski definition) is 1. The highest BCUT2D eigenvalue weighted by Gasteiger charge is 2.29. The fourth-order valence-corrected chi connectivity index (χ4v) is 2.96. The largest absolute Gasteiger partial charge is 0.497 e. The molecule has 1 saturated carbocycles. The minimum atomic E-state index is -0.129. The smallest absolute Gasteiger partial charge is 0.270 e. The quantitative estimate of drug-likeness (QED) is 0.740. The number of para-hydroxylation sites is 1. The number of amides is 1. The zero-order chi connectivity index (χ0) is 17.9. The summed E-state index contributed by atoms with van der Waals surface area (Å²) in [7, 11) is 1.63. The number of nitrogens with one attached hydrogen (secondary N) is 1. The van der Waals surface area contributed by atoms with E-state index >= 15 is 0 Å². The molecule has 4 rings (SSSR count). The van der Waals surface area contributed by atoms with Crippen LogP contribution >= 0.6 is 0 Å². The van der Waals surface area contributed by atoms with Crippen molar-refractivity contribution in [3.05, 3.63) is 77.6 Å². The van der Waals surface area contributed by atoms with Crippen molar-refractivity contribution in [1.29, 1.82) is 0 Å². The molecular weight excluding hydrogens is 326 g/mol. The Bertz CT molecular complexity index is 914. The van der Waals surface area contributed by atoms with E-state index in [1.165, 1.54) is 0 Å². The van der Waals surface area contributed by atoms with Crippen molar-refractivity contribution < 1.29 is 9.53 Å². The van der Waals surface area contributed by atoms with Gasteiger partial charge in [-0.05, 0) is 48.7 Å². The zero-order valence-electron chi connectivity index (χ0n) is 14.7. The van der Waals surface area contributed by atoms with Crippen LogP contribution in [0, 0.1) is 0 Å². The minimum Gasteiger partial charge on any atom is -0.497 e. The first-order valence-electron chi connectivity index (χ1n) is 8.81. The summed E-state index contributed by atoms with van der Waals surface area (Å²) >= 11 is 0. The molecule has 1 heterocycles. The number of carbonyl (C=O) groups is 1. The molecule has 2 aromatic carbocycles. The third kappa shape index (κ3) is 3.47. The van der Waals surface area contributed by atoms with Crippen molar-refractivity contribution in [2.75, 3.05) is 7.11 Å². The Morgan fingerprint density at radius 3 is 2.69 bits per heavy atom. The predicted octanol–water partition coefficient (Wildman–Crippen LogP) is 3.69. The summed E-state index contributed by atoms with van der Waals surface area (Å²) in [5.41, 5.74) is 3.46. The van der Waals surface area contributed by atoms with Gasteiger partial charge in [0.25, 0.3) is 5.91 Å². The Morgan fingerprint density at radius 1 is 1.15 bits per heavy atom. The second-order valence-electron chi connectivity index (χ2n) is 6.51. The molecule has 1 aliphatic rings. The number of carbonyl (C=O) groups excluding carboxylic acids is 1. The standard InChI is InChI=1S/C21H21N3O2/c1-26-18-9-5-6-15(12-18)14-22-21(25)20-13-19(16-10-11-16)23-24(20)17-7-3-2-4-8-17/h2-9,12-13,16H,10-11,14H2,1H3,(H,22,25). The van der Waals surface area contributed by atoms with Crippen LogP contribution in [0.5, 0.6) is 5.75 Å². The van der Waals surface area contributed by atoms with Crippen LogP contribution < -0.4 is 10.1 Å². The molecule has 3 aromatic rings. The molecule has 0 bridgehead atoms. The third-order valence-corrected chi connectivity index (χ3v) is 4.54. The van der Waals surface area contributed by atoms with Crippen LogP contribution in [-0.4, -0.2) is 22.8 Å². The number of nitrogens with zero attached hydrogens (tertiary/aromatic N) is 2. The van der Waals surface area contributed by atoms with Gasteiger partial charge in [-0.2, -0.15) is 5.10 Å². The molecule has 0 radical (unpaired) electrons. The van der Waals surface area contributed by atoms with E-state index in [1.807, 2.05) is 60.7 Å². The van der Waals surface area contributed by atoms with E-state index in [0.717, 1.165) is 35.5 Å². The molecule has 1 N–H and O–H groups in total. The topological polar surface area (TPSA) is 56.1 Å². The molecule has 1 aliphatic carbocycles. The number of rotatable bonds is 6. The van der Waals surface area contributed by atoms with Crippen LogP contribution in [0.25, 0.3) is 5.69 Å². The van der Waals surface area contributed by atoms with Gasteiger partial charge >= 0.3 is 0 Å². The van der Waals surface area contributed by atoms with E-state index in [0.29, 0.717) is 18.2 Å². The first-order valence-corrected chi connectivity index (χ1v) is 8.81. The summed E-state index contributed by atoms with van der Waals surface area (Å²) in [5, 5.41) is 7.68. The summed E-state index contributed by atoms with van der Waals surface area (Å²) in [4.78, 5) is 12.8. The highest BCUT2D eigenvalue weighted by molar-refractivity contribution is 5.93. The second-order valence-corrected chi connectivity index (χ2v) is 6.51. The number of methoxy groups -OCH3 is 1. The van der Waals surface area contributed by atoms with Crippen LogP contribution in [-0.2, 0) is 6.54 Å². The van der Waals surface area contributed by atoms with Crippen molar-refractivity contribution >= 4 is 5.91 Å². The van der Waals surface area contributed by atoms with Gasteiger partial charge in [0, 0.05) is 12.5 Å². The number of aromatic nitrogens is 2. The van der Waals surface area contributed by atoms with E-state index in [1.54, 1.807) is 11.8 Å². The Hall–Kier alpha value is -3.08. The Labute approximate surface area is 152 Å². The lowest BCUT2D eigenvalue weighted by molar-refractivity contribution is 0.0943. The van der Waals surface area contributed by atoms with Crippen molar-refractivity contribution in [3.8, 4) is 11.4 Å². The molecule has 1 aromatic heterocycles. The van der Waals surface area contributed by atoms with Gasteiger partial charge in [0.15, 0.2) is 0 Å². The van der Waals surface area contributed by atoms with E-state index in [4.69, 9.17) is 4.74 Å². The average Bonchev–Trinajstić information content (AvgIpc) is 3.45. The van der Waals surface area contributed by atoms with Crippen molar-refractivity contribution in [3.63, 3.8) is 0 Å². The maximum absolute atomic E-state index is 12.8. The normalized spacial score (nSPS) is 13.4. The monoisotopic (exact) mass is 347 g/mol. The molecule has 0 aliphatic heterocycles. The fourth-order valence-electron chi connectivity index (χ4n) is 2.96. The molecule has 0 saturated heterocycles. The second kappa shape index (κ2) is 7.04. The number of benzene rings is 2. The number of hydrogen-bond acceptors (Lipinski definition) is 3. The molecular formula is C21H21N3O2. The highest BCUT2D eigenvalue weighted by atomic mass is 16.5. The molecule has 0 unspecified atom stereocenters. The summed E-state index contributed by atoms with van der Waals surface area (Å²) in [6.07, 6.45) is 2.30. The fraction of sp³-hybridized carbons (Fsp3) is 0.238. The third-order valence-electron chi connectivity index (χ3n) is 4.54. The van der Waals surface area contributed by atoms with Crippen LogP contribution in [0.2, 0.25) is 0 Å². The van der Waals surface area contributed by atoms with E-state index in [9.17, 15) is 4.79 Å². The highest BCUT2D eigenvalue weighted by Crippen LogP contribution is 2.39. The van der Waals surface area contributed by atoms with Gasteiger partial charge in [-0.15, -0.1) is 0 Å².